The number of aromatic nitrogens is 3. The minimum Gasteiger partial charge on any atom is -0.486 e. The number of nitrogens with zero attached hydrogens (tertiary/aromatic N) is 3. The Morgan fingerprint density at radius 1 is 1.33 bits per heavy atom. The molecule has 1 heterocycles. The molecule has 1 aromatic carbocycles. The van der Waals surface area contributed by atoms with Crippen LogP contribution in [0.5, 0.6) is 5.75 Å². The fraction of sp³-hybridized carbons (Fsp3) is 0.353. The number of hydrogen-bond donors (Lipinski definition) is 0. The molecule has 0 spiro atoms. The maximum absolute atomic E-state index is 11.3. The summed E-state index contributed by atoms with van der Waals surface area (Å²) >= 11 is 1.28. The van der Waals surface area contributed by atoms with E-state index < -0.39 is 0 Å². The Morgan fingerprint density at radius 2 is 2.08 bits per heavy atom. The van der Waals surface area contributed by atoms with Gasteiger partial charge in [-0.05, 0) is 24.1 Å². The summed E-state index contributed by atoms with van der Waals surface area (Å²) in [6, 6.07) is 7.97. The van der Waals surface area contributed by atoms with Crippen LogP contribution in [0.25, 0.3) is 0 Å². The zero-order valence-electron chi connectivity index (χ0n) is 13.9. The third kappa shape index (κ3) is 4.86. The molecule has 0 bridgehead atoms. The summed E-state index contributed by atoms with van der Waals surface area (Å²) in [6.45, 7) is 6.70. The van der Waals surface area contributed by atoms with Gasteiger partial charge in [-0.2, -0.15) is 0 Å². The molecule has 0 aliphatic rings. The van der Waals surface area contributed by atoms with Gasteiger partial charge in [-0.1, -0.05) is 36.9 Å². The molecular weight excluding hydrogens is 326 g/mol. The van der Waals surface area contributed by atoms with Crippen molar-refractivity contribution in [3.05, 3.63) is 48.3 Å². The largest absolute Gasteiger partial charge is 0.486 e. The van der Waals surface area contributed by atoms with Crippen LogP contribution in [0.15, 0.2) is 42.1 Å². The first-order chi connectivity index (χ1) is 11.7. The highest BCUT2D eigenvalue weighted by molar-refractivity contribution is 7.99. The molecule has 0 unspecified atom stereocenters. The minimum atomic E-state index is -0.304. The van der Waals surface area contributed by atoms with Gasteiger partial charge in [0.25, 0.3) is 0 Å². The molecule has 0 radical (unpaired) electrons. The van der Waals surface area contributed by atoms with Gasteiger partial charge in [-0.25, -0.2) is 0 Å². The Hall–Kier alpha value is -2.28. The second kappa shape index (κ2) is 9.12. The lowest BCUT2D eigenvalue weighted by atomic mass is 10.2. The van der Waals surface area contributed by atoms with Crippen molar-refractivity contribution in [3.63, 3.8) is 0 Å². The Kier molecular flexibility index (Phi) is 6.87. The lowest BCUT2D eigenvalue weighted by Gasteiger charge is -2.09. The molecule has 7 heteroatoms. The zero-order valence-corrected chi connectivity index (χ0v) is 14.7. The molecule has 0 aliphatic carbocycles. The van der Waals surface area contributed by atoms with Gasteiger partial charge in [0.05, 0.1) is 12.9 Å². The molecule has 0 atom stereocenters. The fourth-order valence-corrected chi connectivity index (χ4v) is 2.80. The van der Waals surface area contributed by atoms with Crippen molar-refractivity contribution in [2.45, 2.75) is 31.7 Å². The molecule has 2 aromatic rings. The molecule has 24 heavy (non-hydrogen) atoms. The first-order valence-corrected chi connectivity index (χ1v) is 8.60. The van der Waals surface area contributed by atoms with E-state index in [-0.39, 0.29) is 11.7 Å². The summed E-state index contributed by atoms with van der Waals surface area (Å²) in [4.78, 5) is 11.3. The van der Waals surface area contributed by atoms with E-state index in [0.29, 0.717) is 24.1 Å². The van der Waals surface area contributed by atoms with Crippen LogP contribution in [0, 0.1) is 0 Å². The van der Waals surface area contributed by atoms with Crippen molar-refractivity contribution in [1.29, 1.82) is 0 Å². The number of carbonyl (C=O) groups excluding carboxylic acids is 1. The molecule has 0 saturated heterocycles. The van der Waals surface area contributed by atoms with E-state index in [2.05, 4.69) is 28.4 Å². The number of aryl methyl sites for hydroxylation is 1. The first kappa shape index (κ1) is 18.1. The Balaban J connectivity index is 2.04. The molecule has 2 rings (SSSR count). The highest BCUT2D eigenvalue weighted by Crippen LogP contribution is 2.19. The van der Waals surface area contributed by atoms with E-state index in [1.165, 1.54) is 24.4 Å². The quantitative estimate of drug-likeness (QED) is 0.395. The molecule has 0 saturated carbocycles. The van der Waals surface area contributed by atoms with Gasteiger partial charge in [0.1, 0.15) is 12.4 Å². The highest BCUT2D eigenvalue weighted by Gasteiger charge is 2.14. The van der Waals surface area contributed by atoms with Gasteiger partial charge in [0.15, 0.2) is 11.0 Å². The number of carbonyl (C=O) groups is 1. The summed E-state index contributed by atoms with van der Waals surface area (Å²) in [5, 5.41) is 8.91. The monoisotopic (exact) mass is 347 g/mol. The van der Waals surface area contributed by atoms with E-state index in [1.807, 2.05) is 28.8 Å². The van der Waals surface area contributed by atoms with E-state index in [4.69, 9.17) is 4.74 Å². The number of thioether (sulfide) groups is 1. The molecular formula is C17H21N3O3S. The van der Waals surface area contributed by atoms with E-state index >= 15 is 0 Å². The van der Waals surface area contributed by atoms with Crippen LogP contribution in [-0.4, -0.2) is 33.6 Å². The number of allylic oxidation sites excluding steroid dienone is 1. The van der Waals surface area contributed by atoms with Crippen molar-refractivity contribution in [2.24, 2.45) is 0 Å². The molecule has 0 amide bonds. The third-order valence-electron chi connectivity index (χ3n) is 3.35. The number of esters is 1. The van der Waals surface area contributed by atoms with Crippen LogP contribution in [0.4, 0.5) is 0 Å². The number of rotatable bonds is 9. The smallest absolute Gasteiger partial charge is 0.316 e. The number of methoxy groups -OCH3 is 1. The van der Waals surface area contributed by atoms with Crippen LogP contribution in [-0.2, 0) is 29.1 Å². The maximum Gasteiger partial charge on any atom is 0.316 e. The van der Waals surface area contributed by atoms with E-state index in [0.717, 1.165) is 12.2 Å². The molecule has 0 N–H and O–H groups in total. The lowest BCUT2D eigenvalue weighted by Crippen LogP contribution is -2.09. The molecule has 6 nitrogen and oxygen atoms in total. The summed E-state index contributed by atoms with van der Waals surface area (Å²) in [5.74, 6) is 1.35. The standard InChI is InChI=1S/C17H21N3O3S/c1-4-10-20-15(18-19-17(20)24-12-16(21)22-3)11-23-14-8-6-13(5-2)7-9-14/h4,6-9H,1,5,10-12H2,2-3H3. The third-order valence-corrected chi connectivity index (χ3v) is 4.29. The molecule has 1 aromatic heterocycles. The average Bonchev–Trinajstić information content (AvgIpc) is 3.00. The van der Waals surface area contributed by atoms with Crippen molar-refractivity contribution in [3.8, 4) is 5.75 Å². The van der Waals surface area contributed by atoms with Gasteiger partial charge in [-0.15, -0.1) is 16.8 Å². The highest BCUT2D eigenvalue weighted by atomic mass is 32.2. The summed E-state index contributed by atoms with van der Waals surface area (Å²) in [7, 11) is 1.36. The van der Waals surface area contributed by atoms with Crippen molar-refractivity contribution in [1.82, 2.24) is 14.8 Å². The summed E-state index contributed by atoms with van der Waals surface area (Å²) in [5.41, 5.74) is 1.26. The molecule has 128 valence electrons. The van der Waals surface area contributed by atoms with Crippen LogP contribution >= 0.6 is 11.8 Å². The van der Waals surface area contributed by atoms with Crippen molar-refractivity contribution >= 4 is 17.7 Å². The van der Waals surface area contributed by atoms with Gasteiger partial charge in [0, 0.05) is 6.54 Å². The topological polar surface area (TPSA) is 66.2 Å². The van der Waals surface area contributed by atoms with Crippen LogP contribution < -0.4 is 4.74 Å². The van der Waals surface area contributed by atoms with Crippen molar-refractivity contribution in [2.75, 3.05) is 12.9 Å². The van der Waals surface area contributed by atoms with Crippen LogP contribution in [0.3, 0.4) is 0 Å². The van der Waals surface area contributed by atoms with E-state index in [1.54, 1.807) is 6.08 Å². The van der Waals surface area contributed by atoms with Crippen molar-refractivity contribution < 1.29 is 14.3 Å². The van der Waals surface area contributed by atoms with Gasteiger partial charge in [-0.3, -0.25) is 9.36 Å². The molecule has 0 fully saturated rings. The van der Waals surface area contributed by atoms with Crippen LogP contribution in [0.2, 0.25) is 0 Å². The second-order valence-corrected chi connectivity index (χ2v) is 5.89. The van der Waals surface area contributed by atoms with Gasteiger partial charge in [0.2, 0.25) is 0 Å². The maximum atomic E-state index is 11.3. The summed E-state index contributed by atoms with van der Waals surface area (Å²) in [6.07, 6.45) is 2.75. The Morgan fingerprint density at radius 3 is 2.71 bits per heavy atom. The normalized spacial score (nSPS) is 10.4. The lowest BCUT2D eigenvalue weighted by molar-refractivity contribution is -0.137. The Bertz CT molecular complexity index is 683. The van der Waals surface area contributed by atoms with Gasteiger partial charge < -0.3 is 9.47 Å². The molecule has 0 aliphatic heterocycles. The average molecular weight is 347 g/mol. The SMILES string of the molecule is C=CCn1c(COc2ccc(CC)cc2)nnc1SCC(=O)OC. The number of ether oxygens (including phenoxy) is 2. The number of hydrogen-bond acceptors (Lipinski definition) is 6. The number of benzene rings is 1. The van der Waals surface area contributed by atoms with Gasteiger partial charge >= 0.3 is 5.97 Å². The van der Waals surface area contributed by atoms with E-state index in [9.17, 15) is 4.79 Å². The second-order valence-electron chi connectivity index (χ2n) is 4.95. The van der Waals surface area contributed by atoms with Crippen LogP contribution in [0.1, 0.15) is 18.3 Å². The summed E-state index contributed by atoms with van der Waals surface area (Å²) < 4.78 is 12.3. The minimum absolute atomic E-state index is 0.186. The Labute approximate surface area is 145 Å². The zero-order chi connectivity index (χ0) is 17.4. The first-order valence-electron chi connectivity index (χ1n) is 7.62. The fourth-order valence-electron chi connectivity index (χ4n) is 2.00. The predicted octanol–water partition coefficient (Wildman–Crippen LogP) is 2.87. The predicted molar refractivity (Wildman–Crippen MR) is 93.1 cm³/mol.